The summed E-state index contributed by atoms with van der Waals surface area (Å²) in [7, 11) is -1.74. The molecule has 0 saturated carbocycles. The van der Waals surface area contributed by atoms with Crippen molar-refractivity contribution in [3.05, 3.63) is 0 Å². The van der Waals surface area contributed by atoms with Crippen LogP contribution in [0.1, 0.15) is 54.4 Å². The van der Waals surface area contributed by atoms with Crippen molar-refractivity contribution >= 4 is 8.32 Å². The zero-order valence-corrected chi connectivity index (χ0v) is 15.0. The Labute approximate surface area is 124 Å². The molecule has 2 atom stereocenters. The molecule has 1 heterocycles. The highest BCUT2D eigenvalue weighted by atomic mass is 28.4. The lowest BCUT2D eigenvalue weighted by atomic mass is 9.78. The molecule has 0 aromatic heterocycles. The zero-order chi connectivity index (χ0) is 15.4. The number of aliphatic hydroxyl groups is 1. The first kappa shape index (κ1) is 18.1. The van der Waals surface area contributed by atoms with E-state index in [0.717, 1.165) is 31.0 Å². The number of ether oxygens (including phenoxy) is 1. The first-order valence-corrected chi connectivity index (χ1v) is 10.4. The third-order valence-corrected chi connectivity index (χ3v) is 9.05. The Morgan fingerprint density at radius 3 is 2.20 bits per heavy atom. The summed E-state index contributed by atoms with van der Waals surface area (Å²) in [4.78, 5) is 5.84. The summed E-state index contributed by atoms with van der Waals surface area (Å²) in [6.07, 6.45) is 0.887. The van der Waals surface area contributed by atoms with E-state index in [1.807, 2.05) is 13.8 Å². The lowest BCUT2D eigenvalue weighted by Gasteiger charge is -2.37. The molecule has 0 amide bonds. The van der Waals surface area contributed by atoms with Crippen LogP contribution in [-0.4, -0.2) is 31.9 Å². The maximum atomic E-state index is 9.97. The second-order valence-electron chi connectivity index (χ2n) is 6.97. The molecule has 0 spiro atoms. The van der Waals surface area contributed by atoms with Crippen LogP contribution < -0.4 is 0 Å². The summed E-state index contributed by atoms with van der Waals surface area (Å²) < 4.78 is 11.2. The van der Waals surface area contributed by atoms with Crippen molar-refractivity contribution in [3.63, 3.8) is 0 Å². The molecule has 1 N–H and O–H groups in total. The Morgan fingerprint density at radius 2 is 1.80 bits per heavy atom. The Hall–Kier alpha value is 0.0569. The highest BCUT2D eigenvalue weighted by molar-refractivity contribution is 6.73. The maximum Gasteiger partial charge on any atom is 0.238 e. The molecule has 1 rings (SSSR count). The van der Waals surface area contributed by atoms with Gasteiger partial charge in [-0.25, -0.2) is 4.89 Å². The monoisotopic (exact) mass is 304 g/mol. The third kappa shape index (κ3) is 4.27. The van der Waals surface area contributed by atoms with Crippen LogP contribution in [0.3, 0.4) is 0 Å². The minimum atomic E-state index is -1.74. The average Bonchev–Trinajstić information content (AvgIpc) is 2.71. The van der Waals surface area contributed by atoms with Gasteiger partial charge in [0.15, 0.2) is 6.29 Å². The molecule has 120 valence electrons. The van der Waals surface area contributed by atoms with Gasteiger partial charge in [-0.1, -0.05) is 27.7 Å². The van der Waals surface area contributed by atoms with Gasteiger partial charge in [0.2, 0.25) is 8.32 Å². The van der Waals surface area contributed by atoms with Gasteiger partial charge in [-0.2, -0.15) is 0 Å². The first-order chi connectivity index (χ1) is 9.22. The van der Waals surface area contributed by atoms with Gasteiger partial charge >= 0.3 is 0 Å². The van der Waals surface area contributed by atoms with Crippen molar-refractivity contribution in [2.24, 2.45) is 5.41 Å². The molecule has 1 aliphatic rings. The maximum absolute atomic E-state index is 9.97. The Kier molecular flexibility index (Phi) is 6.23. The molecule has 5 heteroatoms. The molecule has 0 aromatic carbocycles. The molecule has 0 radical (unpaired) electrons. The van der Waals surface area contributed by atoms with E-state index >= 15 is 0 Å². The summed E-state index contributed by atoms with van der Waals surface area (Å²) in [5.74, 6) is 0. The van der Waals surface area contributed by atoms with Crippen molar-refractivity contribution in [3.8, 4) is 0 Å². The first-order valence-electron chi connectivity index (χ1n) is 7.89. The number of hydrogen-bond donors (Lipinski definition) is 1. The van der Waals surface area contributed by atoms with Gasteiger partial charge in [0.05, 0.1) is 12.2 Å². The third-order valence-electron chi connectivity index (χ3n) is 4.75. The van der Waals surface area contributed by atoms with E-state index in [1.54, 1.807) is 0 Å². The Morgan fingerprint density at radius 1 is 1.25 bits per heavy atom. The van der Waals surface area contributed by atoms with Gasteiger partial charge in [0.1, 0.15) is 0 Å². The van der Waals surface area contributed by atoms with Gasteiger partial charge in [-0.05, 0) is 44.8 Å². The topological polar surface area (TPSA) is 47.9 Å². The Bertz CT molecular complexity index is 296. The van der Waals surface area contributed by atoms with E-state index in [-0.39, 0.29) is 5.41 Å². The van der Waals surface area contributed by atoms with Crippen molar-refractivity contribution in [2.45, 2.75) is 84.4 Å². The number of rotatable bonds is 8. The molecule has 20 heavy (non-hydrogen) atoms. The summed E-state index contributed by atoms with van der Waals surface area (Å²) in [5.41, 5.74) is -0.664. The van der Waals surface area contributed by atoms with E-state index in [9.17, 15) is 5.11 Å². The lowest BCUT2D eigenvalue weighted by Crippen LogP contribution is -2.43. The number of aliphatic hydroxyl groups excluding tert-OH is 1. The fraction of sp³-hybridized carbons (Fsp3) is 1.00. The normalized spacial score (nSPS) is 28.1. The molecular formula is C15H32O4Si. The van der Waals surface area contributed by atoms with Gasteiger partial charge in [0, 0.05) is 5.41 Å². The summed E-state index contributed by atoms with van der Waals surface area (Å²) in [5, 5.41) is 9.97. The fourth-order valence-corrected chi connectivity index (χ4v) is 5.29. The smallest absolute Gasteiger partial charge is 0.238 e. The van der Waals surface area contributed by atoms with Crippen LogP contribution in [0.25, 0.3) is 0 Å². The van der Waals surface area contributed by atoms with Crippen LogP contribution in [-0.2, 0) is 14.2 Å². The largest absolute Gasteiger partial charge is 0.367 e. The minimum Gasteiger partial charge on any atom is -0.367 e. The molecule has 0 bridgehead atoms. The second-order valence-corrected chi connectivity index (χ2v) is 11.6. The van der Waals surface area contributed by atoms with Crippen LogP contribution in [0, 0.1) is 5.41 Å². The quantitative estimate of drug-likeness (QED) is 0.420. The molecule has 0 aromatic rings. The standard InChI is InChI=1S/C15H32O4Si/c1-7-20(8-2,9-3)19-18-14(4,5)12-15(6)10-11-17-13(15)16/h13,16H,7-12H2,1-6H3/t13-,15-/m1/s1. The number of hydrogen-bond acceptors (Lipinski definition) is 4. The summed E-state index contributed by atoms with van der Waals surface area (Å²) in [6.45, 7) is 13.3. The van der Waals surface area contributed by atoms with E-state index in [4.69, 9.17) is 14.2 Å². The molecule has 1 saturated heterocycles. The molecule has 0 unspecified atom stereocenters. The van der Waals surface area contributed by atoms with Crippen LogP contribution >= 0.6 is 0 Å². The SMILES string of the molecule is CC[Si](CC)(CC)OOC(C)(C)C[C@@]1(C)CCO[C@H]1O. The van der Waals surface area contributed by atoms with Gasteiger partial charge in [0.25, 0.3) is 0 Å². The van der Waals surface area contributed by atoms with Crippen LogP contribution in [0.5, 0.6) is 0 Å². The lowest BCUT2D eigenvalue weighted by molar-refractivity contribution is -0.303. The van der Waals surface area contributed by atoms with Crippen molar-refractivity contribution in [2.75, 3.05) is 6.61 Å². The summed E-state index contributed by atoms with van der Waals surface area (Å²) in [6, 6.07) is 3.21. The summed E-state index contributed by atoms with van der Waals surface area (Å²) >= 11 is 0. The second kappa shape index (κ2) is 6.88. The van der Waals surface area contributed by atoms with Gasteiger partial charge < -0.3 is 9.84 Å². The van der Waals surface area contributed by atoms with E-state index in [2.05, 4.69) is 27.7 Å². The highest BCUT2D eigenvalue weighted by Gasteiger charge is 2.44. The average molecular weight is 305 g/mol. The van der Waals surface area contributed by atoms with Gasteiger partial charge in [-0.3, -0.25) is 4.58 Å². The minimum absolute atomic E-state index is 0.248. The van der Waals surface area contributed by atoms with E-state index in [1.165, 1.54) is 0 Å². The predicted molar refractivity (Wildman–Crippen MR) is 82.7 cm³/mol. The molecule has 1 aliphatic heterocycles. The van der Waals surface area contributed by atoms with Crippen molar-refractivity contribution in [1.82, 2.24) is 0 Å². The van der Waals surface area contributed by atoms with E-state index in [0.29, 0.717) is 6.61 Å². The van der Waals surface area contributed by atoms with Crippen LogP contribution in [0.15, 0.2) is 0 Å². The predicted octanol–water partition coefficient (Wildman–Crippen LogP) is 3.85. The molecule has 0 aliphatic carbocycles. The zero-order valence-electron chi connectivity index (χ0n) is 14.0. The fourth-order valence-electron chi connectivity index (χ4n) is 3.03. The molecule has 1 fully saturated rings. The van der Waals surface area contributed by atoms with Crippen LogP contribution in [0.4, 0.5) is 0 Å². The van der Waals surface area contributed by atoms with Crippen LogP contribution in [0.2, 0.25) is 18.1 Å². The van der Waals surface area contributed by atoms with E-state index < -0.39 is 20.2 Å². The molecular weight excluding hydrogens is 272 g/mol. The highest BCUT2D eigenvalue weighted by Crippen LogP contribution is 2.41. The molecule has 4 nitrogen and oxygen atoms in total. The Balaban J connectivity index is 2.61. The van der Waals surface area contributed by atoms with Crippen molar-refractivity contribution < 1.29 is 19.3 Å². The van der Waals surface area contributed by atoms with Gasteiger partial charge in [-0.15, -0.1) is 0 Å². The van der Waals surface area contributed by atoms with Crippen molar-refractivity contribution in [1.29, 1.82) is 0 Å².